The second-order valence-corrected chi connectivity index (χ2v) is 5.42. The van der Waals surface area contributed by atoms with Gasteiger partial charge in [-0.1, -0.05) is 17.3 Å². The van der Waals surface area contributed by atoms with Gasteiger partial charge >= 0.3 is 6.01 Å². The molecule has 23 heavy (non-hydrogen) atoms. The maximum atomic E-state index is 11.5. The van der Waals surface area contributed by atoms with Gasteiger partial charge in [0, 0.05) is 31.6 Å². The third kappa shape index (κ3) is 3.80. The highest BCUT2D eigenvalue weighted by Crippen LogP contribution is 2.22. The maximum absolute atomic E-state index is 11.5. The Kier molecular flexibility index (Phi) is 4.75. The molecule has 7 nitrogen and oxygen atoms in total. The van der Waals surface area contributed by atoms with Crippen LogP contribution in [-0.4, -0.2) is 47.7 Å². The molecule has 1 aromatic heterocycles. The summed E-state index contributed by atoms with van der Waals surface area (Å²) in [5, 5.41) is 7.05. The monoisotopic (exact) mass is 316 g/mol. The number of methoxy groups -OCH3 is 1. The van der Waals surface area contributed by atoms with E-state index in [1.54, 1.807) is 7.11 Å². The molecule has 3 rings (SSSR count). The second kappa shape index (κ2) is 7.13. The van der Waals surface area contributed by atoms with Crippen LogP contribution in [0.3, 0.4) is 0 Å². The quantitative estimate of drug-likeness (QED) is 0.789. The van der Waals surface area contributed by atoms with Gasteiger partial charge in [0.15, 0.2) is 0 Å². The molecule has 122 valence electrons. The number of amides is 1. The summed E-state index contributed by atoms with van der Waals surface area (Å²) in [6.07, 6.45) is 2.50. The SMILES string of the molecule is COc1cccc(-c2noc(NCCCN3CCCC3=O)n2)c1. The van der Waals surface area contributed by atoms with E-state index in [0.29, 0.717) is 24.8 Å². The van der Waals surface area contributed by atoms with E-state index in [9.17, 15) is 4.79 Å². The Labute approximate surface area is 134 Å². The molecule has 0 unspecified atom stereocenters. The van der Waals surface area contributed by atoms with Gasteiger partial charge in [0.25, 0.3) is 0 Å². The van der Waals surface area contributed by atoms with E-state index in [4.69, 9.17) is 9.26 Å². The number of aromatic nitrogens is 2. The first-order valence-corrected chi connectivity index (χ1v) is 7.76. The fraction of sp³-hybridized carbons (Fsp3) is 0.438. The van der Waals surface area contributed by atoms with Crippen molar-refractivity contribution < 1.29 is 14.1 Å². The van der Waals surface area contributed by atoms with Crippen LogP contribution in [0.4, 0.5) is 6.01 Å². The lowest BCUT2D eigenvalue weighted by atomic mass is 10.2. The minimum atomic E-state index is 0.253. The summed E-state index contributed by atoms with van der Waals surface area (Å²) in [5.74, 6) is 1.52. The molecule has 1 amide bonds. The molecule has 1 aliphatic heterocycles. The Bertz CT molecular complexity index is 671. The molecule has 7 heteroatoms. The molecule has 2 heterocycles. The van der Waals surface area contributed by atoms with Crippen molar-refractivity contribution in [3.05, 3.63) is 24.3 Å². The average Bonchev–Trinajstić information content (AvgIpc) is 3.21. The Morgan fingerprint density at radius 3 is 3.13 bits per heavy atom. The highest BCUT2D eigenvalue weighted by atomic mass is 16.5. The molecular weight excluding hydrogens is 296 g/mol. The second-order valence-electron chi connectivity index (χ2n) is 5.42. The predicted octanol–water partition coefficient (Wildman–Crippen LogP) is 2.17. The molecule has 1 fully saturated rings. The van der Waals surface area contributed by atoms with Gasteiger partial charge in [0.2, 0.25) is 11.7 Å². The number of anilines is 1. The number of carbonyl (C=O) groups excluding carboxylic acids is 1. The number of hydrogen-bond acceptors (Lipinski definition) is 6. The van der Waals surface area contributed by atoms with E-state index in [-0.39, 0.29) is 5.91 Å². The average molecular weight is 316 g/mol. The van der Waals surface area contributed by atoms with Gasteiger partial charge in [0.05, 0.1) is 7.11 Å². The first kappa shape index (κ1) is 15.3. The first-order valence-electron chi connectivity index (χ1n) is 7.76. The Balaban J connectivity index is 1.50. The summed E-state index contributed by atoms with van der Waals surface area (Å²) in [6, 6.07) is 7.88. The van der Waals surface area contributed by atoms with Crippen LogP contribution in [0, 0.1) is 0 Å². The topological polar surface area (TPSA) is 80.5 Å². The van der Waals surface area contributed by atoms with Crippen molar-refractivity contribution in [1.29, 1.82) is 0 Å². The summed E-state index contributed by atoms with van der Waals surface area (Å²) >= 11 is 0. The minimum Gasteiger partial charge on any atom is -0.497 e. The molecule has 0 radical (unpaired) electrons. The largest absolute Gasteiger partial charge is 0.497 e. The highest BCUT2D eigenvalue weighted by molar-refractivity contribution is 5.78. The normalized spacial score (nSPS) is 14.3. The third-order valence-electron chi connectivity index (χ3n) is 3.81. The van der Waals surface area contributed by atoms with Gasteiger partial charge in [-0.05, 0) is 25.0 Å². The van der Waals surface area contributed by atoms with Crippen LogP contribution in [0.5, 0.6) is 5.75 Å². The van der Waals surface area contributed by atoms with Gasteiger partial charge in [-0.25, -0.2) is 0 Å². The van der Waals surface area contributed by atoms with Crippen molar-refractivity contribution in [2.24, 2.45) is 0 Å². The number of ether oxygens (including phenoxy) is 1. The number of likely N-dealkylation sites (tertiary alicyclic amines) is 1. The summed E-state index contributed by atoms with van der Waals surface area (Å²) in [7, 11) is 1.62. The first-order chi connectivity index (χ1) is 11.3. The summed E-state index contributed by atoms with van der Waals surface area (Å²) in [6.45, 7) is 2.33. The summed E-state index contributed by atoms with van der Waals surface area (Å²) in [5.41, 5.74) is 0.837. The number of benzene rings is 1. The van der Waals surface area contributed by atoms with Crippen LogP contribution in [0.15, 0.2) is 28.8 Å². The maximum Gasteiger partial charge on any atom is 0.321 e. The van der Waals surface area contributed by atoms with Gasteiger partial charge in [-0.15, -0.1) is 0 Å². The fourth-order valence-electron chi connectivity index (χ4n) is 2.58. The zero-order chi connectivity index (χ0) is 16.1. The van der Waals surface area contributed by atoms with E-state index in [1.807, 2.05) is 29.2 Å². The van der Waals surface area contributed by atoms with Crippen LogP contribution in [-0.2, 0) is 4.79 Å². The molecular formula is C16H20N4O3. The molecule has 0 spiro atoms. The molecule has 1 saturated heterocycles. The van der Waals surface area contributed by atoms with Crippen molar-refractivity contribution in [2.75, 3.05) is 32.1 Å². The van der Waals surface area contributed by atoms with E-state index in [1.165, 1.54) is 0 Å². The number of carbonyl (C=O) groups is 1. The zero-order valence-corrected chi connectivity index (χ0v) is 13.1. The summed E-state index contributed by atoms with van der Waals surface area (Å²) < 4.78 is 10.4. The van der Waals surface area contributed by atoms with Crippen LogP contribution < -0.4 is 10.1 Å². The van der Waals surface area contributed by atoms with Crippen molar-refractivity contribution in [2.45, 2.75) is 19.3 Å². The number of rotatable bonds is 7. The van der Waals surface area contributed by atoms with Crippen molar-refractivity contribution in [3.63, 3.8) is 0 Å². The molecule has 1 aromatic carbocycles. The van der Waals surface area contributed by atoms with Crippen molar-refractivity contribution in [3.8, 4) is 17.1 Å². The van der Waals surface area contributed by atoms with Crippen molar-refractivity contribution >= 4 is 11.9 Å². The lowest BCUT2D eigenvalue weighted by molar-refractivity contribution is -0.127. The number of nitrogens with one attached hydrogen (secondary N) is 1. The lowest BCUT2D eigenvalue weighted by Gasteiger charge is -2.14. The molecule has 0 bridgehead atoms. The Hall–Kier alpha value is -2.57. The standard InChI is InChI=1S/C16H20N4O3/c1-22-13-6-2-5-12(11-13)15-18-16(23-19-15)17-8-4-10-20-9-3-7-14(20)21/h2,5-6,11H,3-4,7-10H2,1H3,(H,17,18,19). The van der Waals surface area contributed by atoms with Crippen molar-refractivity contribution in [1.82, 2.24) is 15.0 Å². The summed E-state index contributed by atoms with van der Waals surface area (Å²) in [4.78, 5) is 17.7. The zero-order valence-electron chi connectivity index (χ0n) is 13.1. The number of hydrogen-bond donors (Lipinski definition) is 1. The van der Waals surface area contributed by atoms with E-state index in [2.05, 4.69) is 15.5 Å². The van der Waals surface area contributed by atoms with Gasteiger partial charge < -0.3 is 19.5 Å². The van der Waals surface area contributed by atoms with Gasteiger partial charge in [-0.3, -0.25) is 4.79 Å². The molecule has 0 atom stereocenters. The van der Waals surface area contributed by atoms with Crippen LogP contribution in [0.25, 0.3) is 11.4 Å². The highest BCUT2D eigenvalue weighted by Gasteiger charge is 2.19. The minimum absolute atomic E-state index is 0.253. The molecule has 0 saturated carbocycles. The number of nitrogens with zero attached hydrogens (tertiary/aromatic N) is 3. The smallest absolute Gasteiger partial charge is 0.321 e. The molecule has 2 aromatic rings. The fourth-order valence-corrected chi connectivity index (χ4v) is 2.58. The van der Waals surface area contributed by atoms with E-state index < -0.39 is 0 Å². The Morgan fingerprint density at radius 2 is 2.35 bits per heavy atom. The molecule has 0 aliphatic carbocycles. The van der Waals surface area contributed by atoms with Crippen LogP contribution in [0.1, 0.15) is 19.3 Å². The third-order valence-corrected chi connectivity index (χ3v) is 3.81. The molecule has 1 N–H and O–H groups in total. The van der Waals surface area contributed by atoms with Crippen LogP contribution >= 0.6 is 0 Å². The van der Waals surface area contributed by atoms with E-state index in [0.717, 1.165) is 37.2 Å². The Morgan fingerprint density at radius 1 is 1.43 bits per heavy atom. The lowest BCUT2D eigenvalue weighted by Crippen LogP contribution is -2.26. The molecule has 1 aliphatic rings. The van der Waals surface area contributed by atoms with Gasteiger partial charge in [0.1, 0.15) is 5.75 Å². The van der Waals surface area contributed by atoms with E-state index >= 15 is 0 Å². The van der Waals surface area contributed by atoms with Gasteiger partial charge in [-0.2, -0.15) is 4.98 Å². The van der Waals surface area contributed by atoms with Crippen LogP contribution in [0.2, 0.25) is 0 Å². The predicted molar refractivity (Wildman–Crippen MR) is 85.2 cm³/mol.